The van der Waals surface area contributed by atoms with Crippen LogP contribution in [0.3, 0.4) is 0 Å². The molecule has 1 fully saturated rings. The van der Waals surface area contributed by atoms with Gasteiger partial charge in [-0.25, -0.2) is 0 Å². The van der Waals surface area contributed by atoms with Gasteiger partial charge in [0.1, 0.15) is 0 Å². The molecule has 1 heterocycles. The number of benzene rings is 1. The average molecular weight is 200 g/mol. The summed E-state index contributed by atoms with van der Waals surface area (Å²) < 4.78 is 0. The van der Waals surface area contributed by atoms with E-state index in [0.29, 0.717) is 5.37 Å². The van der Waals surface area contributed by atoms with Crippen molar-refractivity contribution in [2.45, 2.75) is 5.37 Å². The highest BCUT2D eigenvalue weighted by atomic mass is 35.5. The van der Waals surface area contributed by atoms with E-state index in [9.17, 15) is 0 Å². The third-order valence-corrected chi connectivity index (χ3v) is 3.44. The van der Waals surface area contributed by atoms with Crippen molar-refractivity contribution in [1.29, 1.82) is 0 Å². The van der Waals surface area contributed by atoms with E-state index in [1.54, 1.807) is 0 Å². The van der Waals surface area contributed by atoms with Crippen LogP contribution in [-0.2, 0) is 0 Å². The first kappa shape index (κ1) is 8.42. The highest BCUT2D eigenvalue weighted by molar-refractivity contribution is 7.99. The Balaban J connectivity index is 2.26. The van der Waals surface area contributed by atoms with E-state index >= 15 is 0 Å². The number of hydrogen-bond acceptors (Lipinski definition) is 2. The maximum Gasteiger partial charge on any atom is 0.0804 e. The predicted molar refractivity (Wildman–Crippen MR) is 54.7 cm³/mol. The van der Waals surface area contributed by atoms with Gasteiger partial charge in [-0.3, -0.25) is 0 Å². The molecule has 0 saturated carbocycles. The average Bonchev–Trinajstić information content (AvgIpc) is 2.57. The normalized spacial score (nSPS) is 22.9. The number of halogens is 1. The van der Waals surface area contributed by atoms with Gasteiger partial charge in [0.15, 0.2) is 0 Å². The molecule has 1 atom stereocenters. The van der Waals surface area contributed by atoms with Gasteiger partial charge in [-0.15, -0.1) is 11.8 Å². The van der Waals surface area contributed by atoms with Crippen molar-refractivity contribution in [1.82, 2.24) is 5.32 Å². The molecule has 0 aliphatic carbocycles. The molecule has 1 aliphatic heterocycles. The topological polar surface area (TPSA) is 12.0 Å². The third-order valence-electron chi connectivity index (χ3n) is 1.90. The molecule has 1 aromatic rings. The molecular formula is C9H10ClNS. The van der Waals surface area contributed by atoms with Gasteiger partial charge < -0.3 is 5.32 Å². The van der Waals surface area contributed by atoms with E-state index in [2.05, 4.69) is 11.4 Å². The van der Waals surface area contributed by atoms with Crippen LogP contribution in [0.1, 0.15) is 10.9 Å². The molecule has 64 valence electrons. The van der Waals surface area contributed by atoms with Crippen molar-refractivity contribution in [2.75, 3.05) is 12.3 Å². The van der Waals surface area contributed by atoms with Crippen molar-refractivity contribution in [3.05, 3.63) is 34.9 Å². The Morgan fingerprint density at radius 1 is 1.42 bits per heavy atom. The van der Waals surface area contributed by atoms with Crippen molar-refractivity contribution in [3.8, 4) is 0 Å². The van der Waals surface area contributed by atoms with E-state index in [1.807, 2.05) is 30.0 Å². The smallest absolute Gasteiger partial charge is 0.0804 e. The Morgan fingerprint density at radius 2 is 2.25 bits per heavy atom. The molecule has 1 saturated heterocycles. The van der Waals surface area contributed by atoms with Gasteiger partial charge in [-0.1, -0.05) is 29.8 Å². The highest BCUT2D eigenvalue weighted by Gasteiger charge is 2.18. The van der Waals surface area contributed by atoms with Gasteiger partial charge in [-0.2, -0.15) is 0 Å². The molecule has 3 heteroatoms. The summed E-state index contributed by atoms with van der Waals surface area (Å²) in [6, 6.07) is 8.02. The summed E-state index contributed by atoms with van der Waals surface area (Å²) in [4.78, 5) is 0. The van der Waals surface area contributed by atoms with Crippen molar-refractivity contribution in [3.63, 3.8) is 0 Å². The van der Waals surface area contributed by atoms with Crippen molar-refractivity contribution < 1.29 is 0 Å². The van der Waals surface area contributed by atoms with Gasteiger partial charge in [0.2, 0.25) is 0 Å². The van der Waals surface area contributed by atoms with Crippen LogP contribution in [-0.4, -0.2) is 12.3 Å². The van der Waals surface area contributed by atoms with Gasteiger partial charge in [0.25, 0.3) is 0 Å². The molecular weight excluding hydrogens is 190 g/mol. The molecule has 0 bridgehead atoms. The van der Waals surface area contributed by atoms with E-state index in [4.69, 9.17) is 11.6 Å². The SMILES string of the molecule is Clc1ccccc1[C@H]1NCCS1. The summed E-state index contributed by atoms with van der Waals surface area (Å²) in [5.74, 6) is 1.18. The highest BCUT2D eigenvalue weighted by Crippen LogP contribution is 2.33. The zero-order valence-corrected chi connectivity index (χ0v) is 8.16. The zero-order valence-electron chi connectivity index (χ0n) is 6.59. The molecule has 0 unspecified atom stereocenters. The second kappa shape index (κ2) is 3.69. The predicted octanol–water partition coefficient (Wildman–Crippen LogP) is 2.68. The molecule has 0 spiro atoms. The summed E-state index contributed by atoms with van der Waals surface area (Å²) in [5.41, 5.74) is 1.21. The second-order valence-corrected chi connectivity index (χ2v) is 4.35. The lowest BCUT2D eigenvalue weighted by molar-refractivity contribution is 0.751. The van der Waals surface area contributed by atoms with Crippen LogP contribution in [0.15, 0.2) is 24.3 Å². The first-order chi connectivity index (χ1) is 5.88. The fraction of sp³-hybridized carbons (Fsp3) is 0.333. The van der Waals surface area contributed by atoms with Gasteiger partial charge >= 0.3 is 0 Å². The summed E-state index contributed by atoms with van der Waals surface area (Å²) in [6.07, 6.45) is 0. The Kier molecular flexibility index (Phi) is 2.59. The van der Waals surface area contributed by atoms with E-state index in [0.717, 1.165) is 11.6 Å². The first-order valence-corrected chi connectivity index (χ1v) is 5.40. The lowest BCUT2D eigenvalue weighted by atomic mass is 10.2. The minimum atomic E-state index is 0.402. The van der Waals surface area contributed by atoms with Crippen LogP contribution in [0.4, 0.5) is 0 Å². The van der Waals surface area contributed by atoms with Crippen molar-refractivity contribution in [2.24, 2.45) is 0 Å². The molecule has 0 aromatic heterocycles. The minimum Gasteiger partial charge on any atom is -0.301 e. The fourth-order valence-corrected chi connectivity index (χ4v) is 2.71. The zero-order chi connectivity index (χ0) is 8.39. The number of thioether (sulfide) groups is 1. The summed E-state index contributed by atoms with van der Waals surface area (Å²) in [7, 11) is 0. The lowest BCUT2D eigenvalue weighted by Crippen LogP contribution is -2.12. The quantitative estimate of drug-likeness (QED) is 0.747. The first-order valence-electron chi connectivity index (χ1n) is 3.97. The molecule has 1 aliphatic rings. The van der Waals surface area contributed by atoms with Gasteiger partial charge in [0, 0.05) is 17.3 Å². The van der Waals surface area contributed by atoms with Gasteiger partial charge in [-0.05, 0) is 11.6 Å². The molecule has 12 heavy (non-hydrogen) atoms. The van der Waals surface area contributed by atoms with E-state index in [1.165, 1.54) is 11.3 Å². The monoisotopic (exact) mass is 199 g/mol. The Bertz CT molecular complexity index is 271. The van der Waals surface area contributed by atoms with Crippen LogP contribution in [0.5, 0.6) is 0 Å². The maximum atomic E-state index is 6.05. The van der Waals surface area contributed by atoms with E-state index in [-0.39, 0.29) is 0 Å². The van der Waals surface area contributed by atoms with Crippen molar-refractivity contribution >= 4 is 23.4 Å². The molecule has 0 radical (unpaired) electrons. The largest absolute Gasteiger partial charge is 0.301 e. The summed E-state index contributed by atoms with van der Waals surface area (Å²) in [6.45, 7) is 1.08. The fourth-order valence-electron chi connectivity index (χ4n) is 1.31. The Morgan fingerprint density at radius 3 is 2.92 bits per heavy atom. The number of nitrogens with one attached hydrogen (secondary N) is 1. The summed E-state index contributed by atoms with van der Waals surface area (Å²) in [5, 5.41) is 4.66. The molecule has 1 aromatic carbocycles. The third kappa shape index (κ3) is 1.60. The van der Waals surface area contributed by atoms with Crippen LogP contribution < -0.4 is 5.32 Å². The standard InChI is InChI=1S/C9H10ClNS/c10-8-4-2-1-3-7(8)9-11-5-6-12-9/h1-4,9,11H,5-6H2/t9-/m0/s1. The molecule has 1 N–H and O–H groups in total. The number of rotatable bonds is 1. The van der Waals surface area contributed by atoms with Crippen LogP contribution >= 0.6 is 23.4 Å². The van der Waals surface area contributed by atoms with Crippen LogP contribution in [0.25, 0.3) is 0 Å². The second-order valence-electron chi connectivity index (χ2n) is 2.73. The Hall–Kier alpha value is -0.180. The molecule has 0 amide bonds. The van der Waals surface area contributed by atoms with Gasteiger partial charge in [0.05, 0.1) is 5.37 Å². The Labute approximate surface area is 81.5 Å². The minimum absolute atomic E-state index is 0.402. The molecule has 1 nitrogen and oxygen atoms in total. The molecule has 2 rings (SSSR count). The number of hydrogen-bond donors (Lipinski definition) is 1. The summed E-state index contributed by atoms with van der Waals surface area (Å²) >= 11 is 7.97. The maximum absolute atomic E-state index is 6.05. The lowest BCUT2D eigenvalue weighted by Gasteiger charge is -2.10. The van der Waals surface area contributed by atoms with Crippen LogP contribution in [0.2, 0.25) is 5.02 Å². The van der Waals surface area contributed by atoms with E-state index < -0.39 is 0 Å². The van der Waals surface area contributed by atoms with Crippen LogP contribution in [0, 0.1) is 0 Å².